The fraction of sp³-hybridized carbons (Fsp3) is 0.536. The van der Waals surface area contributed by atoms with Gasteiger partial charge in [-0.1, -0.05) is 44.9 Å². The normalized spacial score (nSPS) is 20.3. The number of anilines is 2. The average Bonchev–Trinajstić information content (AvgIpc) is 2.83. The van der Waals surface area contributed by atoms with E-state index in [1.807, 2.05) is 0 Å². The lowest BCUT2D eigenvalue weighted by Crippen LogP contribution is -2.46. The van der Waals surface area contributed by atoms with E-state index in [1.54, 1.807) is 11.8 Å². The van der Waals surface area contributed by atoms with E-state index in [-0.39, 0.29) is 0 Å². The second-order valence-corrected chi connectivity index (χ2v) is 10.9. The summed E-state index contributed by atoms with van der Waals surface area (Å²) in [6.07, 6.45) is 10.9. The van der Waals surface area contributed by atoms with E-state index >= 15 is 0 Å². The van der Waals surface area contributed by atoms with Crippen LogP contribution in [0.4, 0.5) is 11.4 Å². The molecule has 0 spiro atoms. The van der Waals surface area contributed by atoms with Crippen LogP contribution in [0, 0.1) is 5.92 Å². The number of aryl methyl sites for hydroxylation is 1. The maximum absolute atomic E-state index is 6.04. The Bertz CT molecular complexity index is 944. The molecule has 2 aromatic carbocycles. The summed E-state index contributed by atoms with van der Waals surface area (Å²) in [4.78, 5) is 6.31. The van der Waals surface area contributed by atoms with E-state index in [9.17, 15) is 0 Å². The predicted molar refractivity (Wildman–Crippen MR) is 149 cm³/mol. The molecular formula is C28H39N3S2. The Labute approximate surface area is 210 Å². The maximum Gasteiger partial charge on any atom is 0.173 e. The maximum atomic E-state index is 6.04. The smallest absolute Gasteiger partial charge is 0.173 e. The molecule has 1 fully saturated rings. The quantitative estimate of drug-likeness (QED) is 0.328. The molecule has 3 nitrogen and oxygen atoms in total. The Kier molecular flexibility index (Phi) is 8.59. The van der Waals surface area contributed by atoms with Crippen LogP contribution in [-0.4, -0.2) is 35.4 Å². The molecule has 0 bridgehead atoms. The van der Waals surface area contributed by atoms with Gasteiger partial charge in [0.05, 0.1) is 0 Å². The van der Waals surface area contributed by atoms with Crippen LogP contribution < -0.4 is 10.2 Å². The van der Waals surface area contributed by atoms with Crippen molar-refractivity contribution < 1.29 is 0 Å². The van der Waals surface area contributed by atoms with Gasteiger partial charge < -0.3 is 15.1 Å². The van der Waals surface area contributed by atoms with E-state index in [2.05, 4.69) is 77.7 Å². The Morgan fingerprint density at radius 3 is 2.79 bits per heavy atom. The number of hydrogen-bond acceptors (Lipinski definition) is 3. The summed E-state index contributed by atoms with van der Waals surface area (Å²) in [5.41, 5.74) is 5.42. The second-order valence-electron chi connectivity index (χ2n) is 9.67. The number of fused-ring (bicyclic) bond motifs is 1. The van der Waals surface area contributed by atoms with Gasteiger partial charge in [-0.3, -0.25) is 0 Å². The summed E-state index contributed by atoms with van der Waals surface area (Å²) in [5, 5.41) is 4.44. The molecule has 1 heterocycles. The number of benzene rings is 2. The summed E-state index contributed by atoms with van der Waals surface area (Å²) in [7, 11) is 0. The van der Waals surface area contributed by atoms with Gasteiger partial charge in [0.25, 0.3) is 0 Å². The van der Waals surface area contributed by atoms with Gasteiger partial charge in [-0.2, -0.15) is 0 Å². The van der Waals surface area contributed by atoms with Crippen LogP contribution in [-0.2, 0) is 13.0 Å². The molecule has 2 aromatic rings. The molecule has 0 aromatic heterocycles. The van der Waals surface area contributed by atoms with Crippen LogP contribution in [0.15, 0.2) is 47.4 Å². The first-order chi connectivity index (χ1) is 16.1. The molecule has 0 radical (unpaired) electrons. The van der Waals surface area contributed by atoms with Gasteiger partial charge in [0.15, 0.2) is 5.11 Å². The third-order valence-electron chi connectivity index (χ3n) is 7.25. The highest BCUT2D eigenvalue weighted by Gasteiger charge is 2.29. The first-order valence-electron chi connectivity index (χ1n) is 12.7. The molecule has 178 valence electrons. The SMILES string of the molecule is CCCN1CCCc2cc(CN(C(=S)Nc3cccc(SC)c3)C3CCCCC3C)ccc21. The van der Waals surface area contributed by atoms with Gasteiger partial charge in [0, 0.05) is 41.9 Å². The molecule has 5 heteroatoms. The zero-order chi connectivity index (χ0) is 23.2. The number of nitrogens with zero attached hydrogens (tertiary/aromatic N) is 2. The molecule has 1 N–H and O–H groups in total. The van der Waals surface area contributed by atoms with Crippen LogP contribution in [0.3, 0.4) is 0 Å². The highest BCUT2D eigenvalue weighted by atomic mass is 32.2. The lowest BCUT2D eigenvalue weighted by Gasteiger charge is -2.40. The highest BCUT2D eigenvalue weighted by Crippen LogP contribution is 2.32. The first-order valence-corrected chi connectivity index (χ1v) is 14.3. The number of rotatable bonds is 7. The van der Waals surface area contributed by atoms with E-state index in [0.717, 1.165) is 23.9 Å². The Morgan fingerprint density at radius 1 is 1.15 bits per heavy atom. The van der Waals surface area contributed by atoms with Gasteiger partial charge in [0.1, 0.15) is 0 Å². The first kappa shape index (κ1) is 24.4. The lowest BCUT2D eigenvalue weighted by atomic mass is 9.84. The zero-order valence-corrected chi connectivity index (χ0v) is 22.1. The van der Waals surface area contributed by atoms with Crippen LogP contribution in [0.2, 0.25) is 0 Å². The van der Waals surface area contributed by atoms with Crippen molar-refractivity contribution in [3.8, 4) is 0 Å². The van der Waals surface area contributed by atoms with Gasteiger partial charge >= 0.3 is 0 Å². The largest absolute Gasteiger partial charge is 0.371 e. The second kappa shape index (κ2) is 11.6. The number of nitrogens with one attached hydrogen (secondary N) is 1. The lowest BCUT2D eigenvalue weighted by molar-refractivity contribution is 0.177. The molecule has 1 aliphatic heterocycles. The van der Waals surface area contributed by atoms with Crippen LogP contribution >= 0.6 is 24.0 Å². The van der Waals surface area contributed by atoms with Crippen molar-refractivity contribution in [2.75, 3.05) is 29.6 Å². The molecular weight excluding hydrogens is 442 g/mol. The van der Waals surface area contributed by atoms with E-state index in [0.29, 0.717) is 12.0 Å². The van der Waals surface area contributed by atoms with Gasteiger partial charge in [-0.15, -0.1) is 11.8 Å². The van der Waals surface area contributed by atoms with Crippen molar-refractivity contribution in [3.05, 3.63) is 53.6 Å². The fourth-order valence-corrected chi connectivity index (χ4v) is 6.30. The molecule has 2 unspecified atom stereocenters. The standard InChI is InChI=1S/C28H39N3S2/c1-4-16-30-17-8-10-23-18-22(14-15-27(23)30)20-31(26-13-6-5-9-21(26)2)28(32)29-24-11-7-12-25(19-24)33-3/h7,11-12,14-15,18-19,21,26H,4-6,8-10,13,16-17,20H2,1-3H3,(H,29,32). The molecule has 0 amide bonds. The summed E-state index contributed by atoms with van der Waals surface area (Å²) >= 11 is 7.81. The van der Waals surface area contributed by atoms with Gasteiger partial charge in [0.2, 0.25) is 0 Å². The van der Waals surface area contributed by atoms with E-state index < -0.39 is 0 Å². The topological polar surface area (TPSA) is 18.5 Å². The summed E-state index contributed by atoms with van der Waals surface area (Å²) in [6.45, 7) is 7.90. The Morgan fingerprint density at radius 2 is 2.00 bits per heavy atom. The van der Waals surface area contributed by atoms with Crippen molar-refractivity contribution in [1.29, 1.82) is 0 Å². The number of hydrogen-bond donors (Lipinski definition) is 1. The summed E-state index contributed by atoms with van der Waals surface area (Å²) < 4.78 is 0. The zero-order valence-electron chi connectivity index (χ0n) is 20.5. The summed E-state index contributed by atoms with van der Waals surface area (Å²) in [5.74, 6) is 0.661. The van der Waals surface area contributed by atoms with Crippen molar-refractivity contribution in [1.82, 2.24) is 4.90 Å². The van der Waals surface area contributed by atoms with Crippen LogP contribution in [0.1, 0.15) is 63.5 Å². The van der Waals surface area contributed by atoms with Crippen molar-refractivity contribution >= 4 is 40.5 Å². The van der Waals surface area contributed by atoms with Gasteiger partial charge in [-0.05, 0) is 91.9 Å². The minimum Gasteiger partial charge on any atom is -0.371 e. The molecule has 0 saturated heterocycles. The van der Waals surface area contributed by atoms with Crippen molar-refractivity contribution in [2.45, 2.75) is 76.3 Å². The monoisotopic (exact) mass is 481 g/mol. The van der Waals surface area contributed by atoms with Gasteiger partial charge in [-0.25, -0.2) is 0 Å². The predicted octanol–water partition coefficient (Wildman–Crippen LogP) is 7.35. The minimum atomic E-state index is 0.495. The van der Waals surface area contributed by atoms with Crippen LogP contribution in [0.25, 0.3) is 0 Å². The molecule has 4 rings (SSSR count). The third kappa shape index (κ3) is 6.05. The highest BCUT2D eigenvalue weighted by molar-refractivity contribution is 7.98. The average molecular weight is 482 g/mol. The molecule has 2 aliphatic rings. The minimum absolute atomic E-state index is 0.495. The molecule has 2 atom stereocenters. The van der Waals surface area contributed by atoms with Crippen molar-refractivity contribution in [3.63, 3.8) is 0 Å². The molecule has 1 saturated carbocycles. The Hall–Kier alpha value is -1.72. The van der Waals surface area contributed by atoms with E-state index in [1.165, 1.54) is 73.2 Å². The Balaban J connectivity index is 1.56. The summed E-state index contributed by atoms with van der Waals surface area (Å²) in [6, 6.07) is 16.2. The third-order valence-corrected chi connectivity index (χ3v) is 8.32. The van der Waals surface area contributed by atoms with Crippen molar-refractivity contribution in [2.24, 2.45) is 5.92 Å². The van der Waals surface area contributed by atoms with Crippen LogP contribution in [0.5, 0.6) is 0 Å². The number of thiocarbonyl (C=S) groups is 1. The molecule has 33 heavy (non-hydrogen) atoms. The fourth-order valence-electron chi connectivity index (χ4n) is 5.52. The van der Waals surface area contributed by atoms with E-state index in [4.69, 9.17) is 12.2 Å². The molecule has 1 aliphatic carbocycles. The number of thioether (sulfide) groups is 1.